The third kappa shape index (κ3) is 5.52. The lowest BCUT2D eigenvalue weighted by atomic mass is 10.2. The van der Waals surface area contributed by atoms with Crippen LogP contribution in [-0.2, 0) is 16.0 Å². The summed E-state index contributed by atoms with van der Waals surface area (Å²) in [4.78, 5) is 19.0. The first kappa shape index (κ1) is 22.0. The molecule has 9 heteroatoms. The highest BCUT2D eigenvalue weighted by atomic mass is 35.5. The van der Waals surface area contributed by atoms with Gasteiger partial charge in [-0.05, 0) is 36.4 Å². The van der Waals surface area contributed by atoms with E-state index in [0.29, 0.717) is 57.6 Å². The summed E-state index contributed by atoms with van der Waals surface area (Å²) in [6.45, 7) is 2.83. The van der Waals surface area contributed by atoms with Crippen molar-refractivity contribution in [3.8, 4) is 11.3 Å². The van der Waals surface area contributed by atoms with Crippen molar-refractivity contribution in [3.63, 3.8) is 0 Å². The van der Waals surface area contributed by atoms with Gasteiger partial charge in [0.2, 0.25) is 5.91 Å². The number of nitrogens with zero attached hydrogens (tertiary/aromatic N) is 2. The Bertz CT molecular complexity index is 1080. The maximum absolute atomic E-state index is 12.6. The van der Waals surface area contributed by atoms with Gasteiger partial charge in [0.1, 0.15) is 0 Å². The lowest BCUT2D eigenvalue weighted by Gasteiger charge is -2.30. The van der Waals surface area contributed by atoms with Gasteiger partial charge >= 0.3 is 0 Å². The molecule has 0 atom stereocenters. The molecular formula is C22H20Cl3N3O3. The summed E-state index contributed by atoms with van der Waals surface area (Å²) in [5.74, 6) is 0.832. The Labute approximate surface area is 195 Å². The molecule has 1 amide bonds. The number of morpholine rings is 1. The van der Waals surface area contributed by atoms with Crippen LogP contribution in [0.1, 0.15) is 12.3 Å². The fourth-order valence-corrected chi connectivity index (χ4v) is 4.03. The number of rotatable bonds is 6. The predicted molar refractivity (Wildman–Crippen MR) is 123 cm³/mol. The van der Waals surface area contributed by atoms with E-state index in [9.17, 15) is 4.79 Å². The molecule has 2 heterocycles. The Morgan fingerprint density at radius 1 is 1.06 bits per heavy atom. The van der Waals surface area contributed by atoms with Gasteiger partial charge in [0.25, 0.3) is 0 Å². The highest BCUT2D eigenvalue weighted by Gasteiger charge is 2.17. The number of aromatic nitrogens is 1. The van der Waals surface area contributed by atoms with Gasteiger partial charge in [-0.25, -0.2) is 4.98 Å². The molecule has 2 aromatic carbocycles. The fraction of sp³-hybridized carbons (Fsp3) is 0.273. The predicted octanol–water partition coefficient (Wildman–Crippen LogP) is 5.71. The molecule has 1 aromatic heterocycles. The zero-order valence-electron chi connectivity index (χ0n) is 16.5. The van der Waals surface area contributed by atoms with Crippen LogP contribution >= 0.6 is 34.8 Å². The van der Waals surface area contributed by atoms with E-state index in [1.165, 1.54) is 0 Å². The van der Waals surface area contributed by atoms with Crippen LogP contribution < -0.4 is 10.2 Å². The van der Waals surface area contributed by atoms with Crippen LogP contribution in [0.25, 0.3) is 11.3 Å². The van der Waals surface area contributed by atoms with Crippen molar-refractivity contribution in [1.29, 1.82) is 0 Å². The van der Waals surface area contributed by atoms with Crippen LogP contribution in [0.3, 0.4) is 0 Å². The number of carbonyl (C=O) groups excluding carboxylic acids is 1. The molecule has 4 rings (SSSR count). The summed E-state index contributed by atoms with van der Waals surface area (Å²) in [6.07, 6.45) is 2.16. The summed E-state index contributed by atoms with van der Waals surface area (Å²) < 4.78 is 11.2. The number of hydrogen-bond donors (Lipinski definition) is 1. The van der Waals surface area contributed by atoms with Crippen LogP contribution in [0, 0.1) is 0 Å². The maximum atomic E-state index is 12.6. The largest absolute Gasteiger partial charge is 0.441 e. The van der Waals surface area contributed by atoms with Gasteiger partial charge in [-0.15, -0.1) is 0 Å². The van der Waals surface area contributed by atoms with Gasteiger partial charge < -0.3 is 19.4 Å². The molecular weight excluding hydrogens is 461 g/mol. The second kappa shape index (κ2) is 9.92. The molecule has 0 bridgehead atoms. The molecule has 0 saturated carbocycles. The lowest BCUT2D eigenvalue weighted by Crippen LogP contribution is -2.36. The molecule has 1 fully saturated rings. The molecule has 1 aliphatic rings. The minimum absolute atomic E-state index is 0.152. The van der Waals surface area contributed by atoms with E-state index in [4.69, 9.17) is 44.0 Å². The summed E-state index contributed by atoms with van der Waals surface area (Å²) in [5.41, 5.74) is 2.31. The Morgan fingerprint density at radius 2 is 1.81 bits per heavy atom. The quantitative estimate of drug-likeness (QED) is 0.489. The minimum Gasteiger partial charge on any atom is -0.441 e. The van der Waals surface area contributed by atoms with E-state index in [0.717, 1.165) is 18.8 Å². The minimum atomic E-state index is -0.152. The van der Waals surface area contributed by atoms with Crippen LogP contribution in [0.2, 0.25) is 15.1 Å². The van der Waals surface area contributed by atoms with Crippen molar-refractivity contribution >= 4 is 52.1 Å². The van der Waals surface area contributed by atoms with Gasteiger partial charge in [-0.3, -0.25) is 4.79 Å². The normalized spacial score (nSPS) is 14.0. The van der Waals surface area contributed by atoms with Crippen molar-refractivity contribution in [2.45, 2.75) is 12.8 Å². The molecule has 31 heavy (non-hydrogen) atoms. The molecule has 6 nitrogen and oxygen atoms in total. The van der Waals surface area contributed by atoms with E-state index < -0.39 is 0 Å². The Morgan fingerprint density at radius 3 is 2.58 bits per heavy atom. The van der Waals surface area contributed by atoms with Gasteiger partial charge in [0, 0.05) is 41.5 Å². The second-order valence-electron chi connectivity index (χ2n) is 7.05. The summed E-state index contributed by atoms with van der Waals surface area (Å²) in [5, 5.41) is 4.54. The molecule has 0 unspecified atom stereocenters. The van der Waals surface area contributed by atoms with Gasteiger partial charge in [-0.2, -0.15) is 0 Å². The smallest absolute Gasteiger partial charge is 0.224 e. The molecule has 162 valence electrons. The molecule has 0 radical (unpaired) electrons. The average Bonchev–Trinajstić information content (AvgIpc) is 3.22. The Hall–Kier alpha value is -2.25. The molecule has 0 aliphatic carbocycles. The first-order chi connectivity index (χ1) is 15.0. The number of benzene rings is 2. The van der Waals surface area contributed by atoms with Crippen LogP contribution in [0.15, 0.2) is 47.0 Å². The van der Waals surface area contributed by atoms with Crippen molar-refractivity contribution in [2.75, 3.05) is 36.5 Å². The zero-order valence-corrected chi connectivity index (χ0v) is 18.8. The number of hydrogen-bond acceptors (Lipinski definition) is 5. The molecule has 1 saturated heterocycles. The molecule has 0 spiro atoms. The third-order valence-corrected chi connectivity index (χ3v) is 5.68. The van der Waals surface area contributed by atoms with Gasteiger partial charge in [0.05, 0.1) is 35.8 Å². The molecule has 1 N–H and O–H groups in total. The zero-order chi connectivity index (χ0) is 21.8. The first-order valence-corrected chi connectivity index (χ1v) is 11.0. The van der Waals surface area contributed by atoms with E-state index in [-0.39, 0.29) is 12.3 Å². The highest BCUT2D eigenvalue weighted by Crippen LogP contribution is 2.32. The number of nitrogens with one attached hydrogen (secondary N) is 1. The van der Waals surface area contributed by atoms with E-state index in [1.54, 1.807) is 30.5 Å². The number of halogens is 3. The van der Waals surface area contributed by atoms with E-state index in [2.05, 4.69) is 15.2 Å². The van der Waals surface area contributed by atoms with Crippen molar-refractivity contribution < 1.29 is 13.9 Å². The standard InChI is InChI=1S/C22H20Cl3N3O3/c23-14-1-3-16(17(25)11-14)20-13-26-22(31-20)6-5-21(29)27-18-12-15(24)2-4-19(18)28-7-9-30-10-8-28/h1-4,11-13H,5-10H2,(H,27,29). The monoisotopic (exact) mass is 479 g/mol. The summed E-state index contributed by atoms with van der Waals surface area (Å²) >= 11 is 18.3. The number of ether oxygens (including phenoxy) is 1. The van der Waals surface area contributed by atoms with Crippen molar-refractivity contribution in [2.24, 2.45) is 0 Å². The number of anilines is 2. The lowest BCUT2D eigenvalue weighted by molar-refractivity contribution is -0.116. The average molecular weight is 481 g/mol. The van der Waals surface area contributed by atoms with E-state index in [1.807, 2.05) is 12.1 Å². The van der Waals surface area contributed by atoms with Crippen LogP contribution in [0.5, 0.6) is 0 Å². The first-order valence-electron chi connectivity index (χ1n) is 9.82. The topological polar surface area (TPSA) is 67.6 Å². The summed E-state index contributed by atoms with van der Waals surface area (Å²) in [6, 6.07) is 10.6. The van der Waals surface area contributed by atoms with Crippen LogP contribution in [-0.4, -0.2) is 37.2 Å². The van der Waals surface area contributed by atoms with Crippen LogP contribution in [0.4, 0.5) is 11.4 Å². The van der Waals surface area contributed by atoms with Crippen molar-refractivity contribution in [3.05, 3.63) is 63.6 Å². The number of amides is 1. The molecule has 3 aromatic rings. The SMILES string of the molecule is O=C(CCc1ncc(-c2ccc(Cl)cc2Cl)o1)Nc1cc(Cl)ccc1N1CCOCC1. The van der Waals surface area contributed by atoms with Gasteiger partial charge in [-0.1, -0.05) is 34.8 Å². The third-order valence-electron chi connectivity index (χ3n) is 4.90. The van der Waals surface area contributed by atoms with E-state index >= 15 is 0 Å². The Balaban J connectivity index is 1.40. The number of oxazole rings is 1. The second-order valence-corrected chi connectivity index (χ2v) is 8.33. The van der Waals surface area contributed by atoms with Gasteiger partial charge in [0.15, 0.2) is 11.7 Å². The Kier molecular flexibility index (Phi) is 7.02. The number of carbonyl (C=O) groups is 1. The maximum Gasteiger partial charge on any atom is 0.224 e. The number of aryl methyl sites for hydroxylation is 1. The fourth-order valence-electron chi connectivity index (χ4n) is 3.36. The highest BCUT2D eigenvalue weighted by molar-refractivity contribution is 6.36. The summed E-state index contributed by atoms with van der Waals surface area (Å²) in [7, 11) is 0. The van der Waals surface area contributed by atoms with Crippen molar-refractivity contribution in [1.82, 2.24) is 4.98 Å². The molecule has 1 aliphatic heterocycles.